The molecule has 0 aromatic carbocycles. The molecule has 0 aromatic rings. The monoisotopic (exact) mass is 256 g/mol. The predicted octanol–water partition coefficient (Wildman–Crippen LogP) is 3.17. The Morgan fingerprint density at radius 1 is 1.33 bits per heavy atom. The van der Waals surface area contributed by atoms with Gasteiger partial charge in [-0.3, -0.25) is 9.59 Å². The van der Waals surface area contributed by atoms with Crippen molar-refractivity contribution >= 4 is 11.9 Å². The fourth-order valence-corrected chi connectivity index (χ4v) is 1.84. The molecule has 0 aliphatic heterocycles. The summed E-state index contributed by atoms with van der Waals surface area (Å²) in [5.41, 5.74) is 0. The van der Waals surface area contributed by atoms with E-state index in [2.05, 4.69) is 6.58 Å². The van der Waals surface area contributed by atoms with Gasteiger partial charge in [0.05, 0.1) is 0 Å². The summed E-state index contributed by atoms with van der Waals surface area (Å²) in [5.74, 6) is -0.233. The molecule has 0 spiro atoms. The molecule has 104 valence electrons. The highest BCUT2D eigenvalue weighted by Gasteiger charge is 2.17. The van der Waals surface area contributed by atoms with Crippen LogP contribution >= 0.6 is 0 Å². The van der Waals surface area contributed by atoms with Crippen LogP contribution in [0.2, 0.25) is 0 Å². The second kappa shape index (κ2) is 10.8. The lowest BCUT2D eigenvalue weighted by Crippen LogP contribution is -2.14. The highest BCUT2D eigenvalue weighted by molar-refractivity contribution is 5.69. The van der Waals surface area contributed by atoms with Crippen molar-refractivity contribution < 1.29 is 19.4 Å². The Labute approximate surface area is 109 Å². The summed E-state index contributed by atoms with van der Waals surface area (Å²) in [6, 6.07) is 0. The van der Waals surface area contributed by atoms with Crippen molar-refractivity contribution in [3.8, 4) is 0 Å². The number of ether oxygens (including phenoxy) is 1. The van der Waals surface area contributed by atoms with Gasteiger partial charge in [-0.25, -0.2) is 0 Å². The lowest BCUT2D eigenvalue weighted by Gasteiger charge is -2.20. The molecule has 0 saturated heterocycles. The van der Waals surface area contributed by atoms with Crippen molar-refractivity contribution in [2.75, 3.05) is 6.61 Å². The van der Waals surface area contributed by atoms with E-state index in [1.54, 1.807) is 13.0 Å². The van der Waals surface area contributed by atoms with Gasteiger partial charge >= 0.3 is 11.9 Å². The van der Waals surface area contributed by atoms with E-state index in [1.807, 2.05) is 0 Å². The molecule has 0 heterocycles. The van der Waals surface area contributed by atoms with Crippen LogP contribution in [0.5, 0.6) is 0 Å². The van der Waals surface area contributed by atoms with E-state index in [0.29, 0.717) is 18.9 Å². The highest BCUT2D eigenvalue weighted by Crippen LogP contribution is 2.26. The van der Waals surface area contributed by atoms with Crippen molar-refractivity contribution in [1.29, 1.82) is 0 Å². The van der Waals surface area contributed by atoms with Crippen molar-refractivity contribution in [2.24, 2.45) is 5.92 Å². The molecule has 1 rings (SSSR count). The molecule has 4 heteroatoms. The molecule has 0 unspecified atom stereocenters. The first-order valence-corrected chi connectivity index (χ1v) is 6.58. The molecular formula is C14H24O4. The van der Waals surface area contributed by atoms with Gasteiger partial charge in [-0.1, -0.05) is 38.8 Å². The summed E-state index contributed by atoms with van der Waals surface area (Å²) in [4.78, 5) is 20.6. The number of aliphatic carboxylic acids is 1. The normalized spacial score (nSPS) is 15.2. The highest BCUT2D eigenvalue weighted by atomic mass is 16.5. The van der Waals surface area contributed by atoms with Crippen LogP contribution in [0.15, 0.2) is 12.7 Å². The quantitative estimate of drug-likeness (QED) is 0.606. The topological polar surface area (TPSA) is 63.6 Å². The maximum absolute atomic E-state index is 11.2. The van der Waals surface area contributed by atoms with Gasteiger partial charge in [-0.2, -0.15) is 0 Å². The number of carbonyl (C=O) groups excluding carboxylic acids is 1. The van der Waals surface area contributed by atoms with Crippen molar-refractivity contribution in [3.05, 3.63) is 12.7 Å². The molecule has 0 amide bonds. The maximum atomic E-state index is 11.2. The van der Waals surface area contributed by atoms with Crippen molar-refractivity contribution in [3.63, 3.8) is 0 Å². The molecule has 0 aromatic heterocycles. The van der Waals surface area contributed by atoms with E-state index in [4.69, 9.17) is 9.84 Å². The van der Waals surface area contributed by atoms with E-state index < -0.39 is 5.97 Å². The Kier molecular flexibility index (Phi) is 10.0. The van der Waals surface area contributed by atoms with Crippen LogP contribution in [0.3, 0.4) is 0 Å². The number of esters is 1. The lowest BCUT2D eigenvalue weighted by molar-refractivity contribution is -0.143. The molecule has 1 fully saturated rings. The van der Waals surface area contributed by atoms with Gasteiger partial charge in [0.25, 0.3) is 0 Å². The van der Waals surface area contributed by atoms with Crippen molar-refractivity contribution in [2.45, 2.75) is 51.9 Å². The Balaban J connectivity index is 0.000000494. The largest absolute Gasteiger partial charge is 0.481 e. The Morgan fingerprint density at radius 3 is 2.33 bits per heavy atom. The standard InChI is InChI=1S/C11H18O2.C3H6O2/c1-2-8-13-11(12)9-10-6-4-3-5-7-10;1-2-3(4)5/h2,10H,1,3-9H2;2H2,1H3,(H,4,5). The molecule has 1 aliphatic rings. The van der Waals surface area contributed by atoms with Crippen molar-refractivity contribution in [1.82, 2.24) is 0 Å². The van der Waals surface area contributed by atoms with E-state index in [0.717, 1.165) is 0 Å². The molecule has 1 saturated carbocycles. The summed E-state index contributed by atoms with van der Waals surface area (Å²) in [5, 5.41) is 7.72. The van der Waals surface area contributed by atoms with Gasteiger partial charge in [-0.15, -0.1) is 0 Å². The first kappa shape index (κ1) is 16.7. The van der Waals surface area contributed by atoms with E-state index in [9.17, 15) is 9.59 Å². The molecule has 0 radical (unpaired) electrons. The predicted molar refractivity (Wildman–Crippen MR) is 70.3 cm³/mol. The smallest absolute Gasteiger partial charge is 0.306 e. The summed E-state index contributed by atoms with van der Waals surface area (Å²) >= 11 is 0. The minimum Gasteiger partial charge on any atom is -0.481 e. The molecule has 1 N–H and O–H groups in total. The zero-order chi connectivity index (χ0) is 13.8. The average molecular weight is 256 g/mol. The van der Waals surface area contributed by atoms with E-state index in [-0.39, 0.29) is 12.4 Å². The number of hydrogen-bond donors (Lipinski definition) is 1. The van der Waals surface area contributed by atoms with Crippen LogP contribution in [0.1, 0.15) is 51.9 Å². The van der Waals surface area contributed by atoms with Crippen LogP contribution in [0.4, 0.5) is 0 Å². The first-order valence-electron chi connectivity index (χ1n) is 6.58. The summed E-state index contributed by atoms with van der Waals surface area (Å²) in [6.07, 6.45) is 8.72. The van der Waals surface area contributed by atoms with E-state index >= 15 is 0 Å². The molecule has 0 bridgehead atoms. The third-order valence-electron chi connectivity index (χ3n) is 2.84. The van der Waals surface area contributed by atoms with Crippen LogP contribution in [-0.2, 0) is 14.3 Å². The van der Waals surface area contributed by atoms with Gasteiger partial charge in [0.2, 0.25) is 0 Å². The van der Waals surface area contributed by atoms with Gasteiger partial charge in [0, 0.05) is 12.8 Å². The van der Waals surface area contributed by atoms with Crippen LogP contribution < -0.4 is 0 Å². The number of carboxylic acids is 1. The minimum atomic E-state index is -0.745. The SMILES string of the molecule is C=CCOC(=O)CC1CCCCC1.CCC(=O)O. The number of rotatable bonds is 5. The number of carbonyl (C=O) groups is 2. The van der Waals surface area contributed by atoms with Crippen LogP contribution in [0, 0.1) is 5.92 Å². The molecular weight excluding hydrogens is 232 g/mol. The molecule has 1 aliphatic carbocycles. The fraction of sp³-hybridized carbons (Fsp3) is 0.714. The van der Waals surface area contributed by atoms with Gasteiger partial charge in [0.1, 0.15) is 6.61 Å². The second-order valence-electron chi connectivity index (χ2n) is 4.43. The van der Waals surface area contributed by atoms with Crippen LogP contribution in [0.25, 0.3) is 0 Å². The number of carboxylic acid groups (broad SMARTS) is 1. The summed E-state index contributed by atoms with van der Waals surface area (Å²) < 4.78 is 4.94. The Bertz CT molecular complexity index is 255. The Hall–Kier alpha value is -1.32. The third-order valence-corrected chi connectivity index (χ3v) is 2.84. The number of hydrogen-bond acceptors (Lipinski definition) is 3. The van der Waals surface area contributed by atoms with Gasteiger partial charge < -0.3 is 9.84 Å². The summed E-state index contributed by atoms with van der Waals surface area (Å²) in [7, 11) is 0. The zero-order valence-electron chi connectivity index (χ0n) is 11.2. The fourth-order valence-electron chi connectivity index (χ4n) is 1.84. The van der Waals surface area contributed by atoms with Gasteiger partial charge in [0.15, 0.2) is 0 Å². The first-order chi connectivity index (χ1) is 8.60. The third kappa shape index (κ3) is 9.87. The zero-order valence-corrected chi connectivity index (χ0v) is 11.2. The van der Waals surface area contributed by atoms with E-state index in [1.165, 1.54) is 32.1 Å². The molecule has 0 atom stereocenters. The lowest BCUT2D eigenvalue weighted by atomic mass is 9.87. The van der Waals surface area contributed by atoms with Crippen LogP contribution in [-0.4, -0.2) is 23.7 Å². The molecule has 18 heavy (non-hydrogen) atoms. The Morgan fingerprint density at radius 2 is 1.89 bits per heavy atom. The minimum absolute atomic E-state index is 0.0631. The average Bonchev–Trinajstić information content (AvgIpc) is 2.38. The van der Waals surface area contributed by atoms with Gasteiger partial charge in [-0.05, 0) is 18.8 Å². The summed E-state index contributed by atoms with van der Waals surface area (Å²) in [6.45, 7) is 5.45. The maximum Gasteiger partial charge on any atom is 0.306 e. The second-order valence-corrected chi connectivity index (χ2v) is 4.43. The molecule has 4 nitrogen and oxygen atoms in total.